The number of aromatic nitrogens is 2. The lowest BCUT2D eigenvalue weighted by Crippen LogP contribution is -2.31. The smallest absolute Gasteiger partial charge is 0.226 e. The molecule has 4 nitrogen and oxygen atoms in total. The van der Waals surface area contributed by atoms with Gasteiger partial charge in [-0.05, 0) is 49.7 Å². The Morgan fingerprint density at radius 1 is 0.875 bits per heavy atom. The van der Waals surface area contributed by atoms with Crippen LogP contribution in [-0.2, 0) is 0 Å². The first-order valence-electron chi connectivity index (χ1n) is 9.19. The van der Waals surface area contributed by atoms with E-state index in [1.807, 2.05) is 30.3 Å². The SMILES string of the molecule is c1ccc(Oc2ccnc(NC3CCC(C4CCC4)CC3)n2)cc1. The Morgan fingerprint density at radius 3 is 2.33 bits per heavy atom. The minimum Gasteiger partial charge on any atom is -0.439 e. The normalized spacial score (nSPS) is 24.2. The summed E-state index contributed by atoms with van der Waals surface area (Å²) in [5.74, 6) is 4.04. The summed E-state index contributed by atoms with van der Waals surface area (Å²) >= 11 is 0. The third kappa shape index (κ3) is 3.69. The highest BCUT2D eigenvalue weighted by Crippen LogP contribution is 2.41. The standard InChI is InChI=1S/C20H25N3O/c1-2-7-18(8-3-1)24-19-13-14-21-20(23-19)22-17-11-9-16(10-12-17)15-5-4-6-15/h1-3,7-8,13-17H,4-6,9-12H2,(H,21,22,23). The van der Waals surface area contributed by atoms with E-state index in [0.29, 0.717) is 17.9 Å². The molecule has 2 aromatic rings. The van der Waals surface area contributed by atoms with Crippen molar-refractivity contribution in [3.63, 3.8) is 0 Å². The number of rotatable bonds is 5. The van der Waals surface area contributed by atoms with Gasteiger partial charge in [0.15, 0.2) is 0 Å². The van der Waals surface area contributed by atoms with Crippen LogP contribution in [0.5, 0.6) is 11.6 Å². The quantitative estimate of drug-likeness (QED) is 0.837. The average molecular weight is 323 g/mol. The molecule has 1 heterocycles. The molecule has 126 valence electrons. The number of ether oxygens (including phenoxy) is 1. The predicted molar refractivity (Wildman–Crippen MR) is 95.3 cm³/mol. The van der Waals surface area contributed by atoms with Crippen LogP contribution < -0.4 is 10.1 Å². The molecule has 2 aliphatic rings. The lowest BCUT2D eigenvalue weighted by molar-refractivity contribution is 0.157. The minimum absolute atomic E-state index is 0.494. The van der Waals surface area contributed by atoms with Crippen molar-refractivity contribution in [1.29, 1.82) is 0 Å². The molecule has 2 aliphatic carbocycles. The van der Waals surface area contributed by atoms with E-state index in [-0.39, 0.29) is 0 Å². The highest BCUT2D eigenvalue weighted by Gasteiger charge is 2.31. The van der Waals surface area contributed by atoms with Crippen LogP contribution in [0.15, 0.2) is 42.6 Å². The molecule has 2 fully saturated rings. The molecule has 0 unspecified atom stereocenters. The zero-order valence-corrected chi connectivity index (χ0v) is 14.0. The molecule has 0 atom stereocenters. The van der Waals surface area contributed by atoms with Gasteiger partial charge in [0.05, 0.1) is 0 Å². The fourth-order valence-electron chi connectivity index (χ4n) is 3.91. The summed E-state index contributed by atoms with van der Waals surface area (Å²) in [6.45, 7) is 0. The minimum atomic E-state index is 0.494. The summed E-state index contributed by atoms with van der Waals surface area (Å²) in [7, 11) is 0. The van der Waals surface area contributed by atoms with Gasteiger partial charge < -0.3 is 10.1 Å². The predicted octanol–water partition coefficient (Wildman–Crippen LogP) is 5.04. The molecule has 4 rings (SSSR count). The van der Waals surface area contributed by atoms with Crippen molar-refractivity contribution < 1.29 is 4.74 Å². The van der Waals surface area contributed by atoms with Gasteiger partial charge in [0, 0.05) is 18.3 Å². The number of hydrogen-bond donors (Lipinski definition) is 1. The van der Waals surface area contributed by atoms with Gasteiger partial charge in [-0.25, -0.2) is 4.98 Å². The molecule has 24 heavy (non-hydrogen) atoms. The molecule has 0 radical (unpaired) electrons. The van der Waals surface area contributed by atoms with E-state index in [4.69, 9.17) is 4.74 Å². The molecule has 0 saturated heterocycles. The molecule has 0 aliphatic heterocycles. The van der Waals surface area contributed by atoms with Crippen molar-refractivity contribution in [3.05, 3.63) is 42.6 Å². The maximum atomic E-state index is 5.79. The van der Waals surface area contributed by atoms with Crippen LogP contribution in [0.3, 0.4) is 0 Å². The van der Waals surface area contributed by atoms with Gasteiger partial charge in [-0.3, -0.25) is 0 Å². The Kier molecular flexibility index (Phi) is 4.63. The summed E-state index contributed by atoms with van der Waals surface area (Å²) in [5.41, 5.74) is 0. The van der Waals surface area contributed by atoms with Gasteiger partial charge in [0.25, 0.3) is 0 Å². The Bertz CT molecular complexity index is 649. The van der Waals surface area contributed by atoms with Crippen molar-refractivity contribution in [2.24, 2.45) is 11.8 Å². The van der Waals surface area contributed by atoms with Crippen LogP contribution >= 0.6 is 0 Å². The van der Waals surface area contributed by atoms with Crippen LogP contribution in [0, 0.1) is 11.8 Å². The van der Waals surface area contributed by atoms with Crippen molar-refractivity contribution >= 4 is 5.95 Å². The number of anilines is 1. The van der Waals surface area contributed by atoms with Crippen molar-refractivity contribution in [2.45, 2.75) is 51.0 Å². The summed E-state index contributed by atoms with van der Waals surface area (Å²) in [6, 6.07) is 12.0. The second-order valence-electron chi connectivity index (χ2n) is 7.08. The van der Waals surface area contributed by atoms with Gasteiger partial charge in [-0.2, -0.15) is 4.98 Å². The first-order valence-corrected chi connectivity index (χ1v) is 9.19. The van der Waals surface area contributed by atoms with Crippen LogP contribution in [0.25, 0.3) is 0 Å². The molecule has 1 aromatic heterocycles. The molecular formula is C20H25N3O. The molecular weight excluding hydrogens is 298 g/mol. The monoisotopic (exact) mass is 323 g/mol. The Hall–Kier alpha value is -2.10. The van der Waals surface area contributed by atoms with Crippen molar-refractivity contribution in [3.8, 4) is 11.6 Å². The number of nitrogens with zero attached hydrogens (tertiary/aromatic N) is 2. The maximum Gasteiger partial charge on any atom is 0.226 e. The fourth-order valence-corrected chi connectivity index (χ4v) is 3.91. The van der Waals surface area contributed by atoms with E-state index in [1.54, 1.807) is 12.3 Å². The third-order valence-electron chi connectivity index (χ3n) is 5.52. The molecule has 2 saturated carbocycles. The summed E-state index contributed by atoms with van der Waals surface area (Å²) in [5, 5.41) is 3.50. The average Bonchev–Trinajstić information content (AvgIpc) is 2.56. The molecule has 0 spiro atoms. The summed E-state index contributed by atoms with van der Waals surface area (Å²) in [4.78, 5) is 8.85. The number of para-hydroxylation sites is 1. The van der Waals surface area contributed by atoms with Gasteiger partial charge in [0.1, 0.15) is 5.75 Å². The zero-order valence-electron chi connectivity index (χ0n) is 14.0. The molecule has 0 bridgehead atoms. The molecule has 1 aromatic carbocycles. The Morgan fingerprint density at radius 2 is 1.62 bits per heavy atom. The largest absolute Gasteiger partial charge is 0.439 e. The zero-order chi connectivity index (χ0) is 16.2. The van der Waals surface area contributed by atoms with Crippen LogP contribution in [0.4, 0.5) is 5.95 Å². The Labute approximate surface area is 143 Å². The number of nitrogens with one attached hydrogen (secondary N) is 1. The third-order valence-corrected chi connectivity index (χ3v) is 5.52. The molecule has 4 heteroatoms. The molecule has 0 amide bonds. The van der Waals surface area contributed by atoms with E-state index in [9.17, 15) is 0 Å². The van der Waals surface area contributed by atoms with Crippen molar-refractivity contribution in [2.75, 3.05) is 5.32 Å². The molecule has 1 N–H and O–H groups in total. The van der Waals surface area contributed by atoms with E-state index in [0.717, 1.165) is 17.6 Å². The van der Waals surface area contributed by atoms with Crippen molar-refractivity contribution in [1.82, 2.24) is 9.97 Å². The van der Waals surface area contributed by atoms with Crippen LogP contribution in [0.2, 0.25) is 0 Å². The van der Waals surface area contributed by atoms with Gasteiger partial charge in [0.2, 0.25) is 11.8 Å². The van der Waals surface area contributed by atoms with Gasteiger partial charge in [-0.1, -0.05) is 37.5 Å². The van der Waals surface area contributed by atoms with E-state index < -0.39 is 0 Å². The van der Waals surface area contributed by atoms with Gasteiger partial charge >= 0.3 is 0 Å². The summed E-state index contributed by atoms with van der Waals surface area (Å²) < 4.78 is 5.79. The lowest BCUT2D eigenvalue weighted by Gasteiger charge is -2.38. The number of benzene rings is 1. The first-order chi connectivity index (χ1) is 11.9. The maximum absolute atomic E-state index is 5.79. The van der Waals surface area contributed by atoms with E-state index in [1.165, 1.54) is 44.9 Å². The van der Waals surface area contributed by atoms with Crippen LogP contribution in [-0.4, -0.2) is 16.0 Å². The first kappa shape index (κ1) is 15.4. The lowest BCUT2D eigenvalue weighted by atomic mass is 9.69. The van der Waals surface area contributed by atoms with E-state index in [2.05, 4.69) is 15.3 Å². The summed E-state index contributed by atoms with van der Waals surface area (Å²) in [6.07, 6.45) is 11.3. The fraction of sp³-hybridized carbons (Fsp3) is 0.500. The second kappa shape index (κ2) is 7.20. The topological polar surface area (TPSA) is 47.0 Å². The highest BCUT2D eigenvalue weighted by molar-refractivity contribution is 5.32. The highest BCUT2D eigenvalue weighted by atomic mass is 16.5. The van der Waals surface area contributed by atoms with Gasteiger partial charge in [-0.15, -0.1) is 0 Å². The Balaban J connectivity index is 1.33. The van der Waals surface area contributed by atoms with Crippen LogP contribution in [0.1, 0.15) is 44.9 Å². The van der Waals surface area contributed by atoms with E-state index >= 15 is 0 Å². The number of hydrogen-bond acceptors (Lipinski definition) is 4. The second-order valence-corrected chi connectivity index (χ2v) is 7.08.